The molecule has 0 aromatic carbocycles. The summed E-state index contributed by atoms with van der Waals surface area (Å²) in [6.45, 7) is 6.05. The second-order valence-corrected chi connectivity index (χ2v) is 5.55. The van der Waals surface area contributed by atoms with Crippen LogP contribution in [0.25, 0.3) is 0 Å². The fourth-order valence-corrected chi connectivity index (χ4v) is 2.39. The van der Waals surface area contributed by atoms with E-state index in [1.54, 1.807) is 0 Å². The largest absolute Gasteiger partial charge is 0.342 e. The van der Waals surface area contributed by atoms with E-state index in [1.807, 2.05) is 11.8 Å². The molecule has 14 heavy (non-hydrogen) atoms. The molecule has 2 nitrogen and oxygen atoms in total. The third-order valence-corrected chi connectivity index (χ3v) is 3.36. The first-order valence-corrected chi connectivity index (χ1v) is 6.49. The number of rotatable bonds is 3. The maximum Gasteiger partial charge on any atom is 0.236 e. The molecular formula is C11H20BrNO. The lowest BCUT2D eigenvalue weighted by Gasteiger charge is -2.32. The molecule has 1 rings (SSSR count). The average Bonchev–Trinajstić information content (AvgIpc) is 2.18. The van der Waals surface area contributed by atoms with Gasteiger partial charge in [-0.2, -0.15) is 0 Å². The van der Waals surface area contributed by atoms with Gasteiger partial charge in [0.15, 0.2) is 0 Å². The van der Waals surface area contributed by atoms with Gasteiger partial charge < -0.3 is 4.90 Å². The Morgan fingerprint density at radius 1 is 1.50 bits per heavy atom. The Morgan fingerprint density at radius 3 is 2.50 bits per heavy atom. The number of likely N-dealkylation sites (tertiary alicyclic amines) is 1. The summed E-state index contributed by atoms with van der Waals surface area (Å²) in [6, 6.07) is 0. The number of piperidine rings is 1. The molecule has 1 fully saturated rings. The van der Waals surface area contributed by atoms with Crippen molar-refractivity contribution in [1.29, 1.82) is 0 Å². The molecule has 0 aromatic heterocycles. The molecule has 0 radical (unpaired) electrons. The quantitative estimate of drug-likeness (QED) is 0.716. The van der Waals surface area contributed by atoms with Gasteiger partial charge in [0.1, 0.15) is 0 Å². The Hall–Kier alpha value is -0.0500. The number of hydrogen-bond donors (Lipinski definition) is 0. The van der Waals surface area contributed by atoms with Gasteiger partial charge in [-0.15, -0.1) is 0 Å². The SMILES string of the molecule is CCCC1CCN(C(=O)C(C)Br)CC1. The van der Waals surface area contributed by atoms with E-state index in [9.17, 15) is 4.79 Å². The highest BCUT2D eigenvalue weighted by molar-refractivity contribution is 9.10. The van der Waals surface area contributed by atoms with Crippen LogP contribution in [0.3, 0.4) is 0 Å². The maximum atomic E-state index is 11.6. The molecular weight excluding hydrogens is 242 g/mol. The van der Waals surface area contributed by atoms with Crippen molar-refractivity contribution in [3.05, 3.63) is 0 Å². The number of alkyl halides is 1. The normalized spacial score (nSPS) is 20.9. The fraction of sp³-hybridized carbons (Fsp3) is 0.909. The molecule has 1 aliphatic heterocycles. The van der Waals surface area contributed by atoms with Crippen LogP contribution >= 0.6 is 15.9 Å². The lowest BCUT2D eigenvalue weighted by molar-refractivity contribution is -0.131. The number of amides is 1. The van der Waals surface area contributed by atoms with Gasteiger partial charge in [-0.05, 0) is 25.7 Å². The van der Waals surface area contributed by atoms with Gasteiger partial charge in [0.25, 0.3) is 0 Å². The molecule has 0 saturated carbocycles. The number of carbonyl (C=O) groups excluding carboxylic acids is 1. The van der Waals surface area contributed by atoms with Gasteiger partial charge in [-0.3, -0.25) is 4.79 Å². The molecule has 1 aliphatic rings. The summed E-state index contributed by atoms with van der Waals surface area (Å²) in [7, 11) is 0. The minimum absolute atomic E-state index is 0.0229. The highest BCUT2D eigenvalue weighted by atomic mass is 79.9. The van der Waals surface area contributed by atoms with Gasteiger partial charge in [-0.25, -0.2) is 0 Å². The van der Waals surface area contributed by atoms with Crippen molar-refractivity contribution >= 4 is 21.8 Å². The summed E-state index contributed by atoms with van der Waals surface area (Å²) in [6.07, 6.45) is 4.98. The molecule has 1 saturated heterocycles. The zero-order chi connectivity index (χ0) is 10.6. The van der Waals surface area contributed by atoms with Gasteiger partial charge in [0, 0.05) is 13.1 Å². The Kier molecular flexibility index (Phi) is 4.93. The van der Waals surface area contributed by atoms with Crippen LogP contribution in [0.15, 0.2) is 0 Å². The van der Waals surface area contributed by atoms with E-state index in [2.05, 4.69) is 22.9 Å². The average molecular weight is 262 g/mol. The van der Waals surface area contributed by atoms with Crippen molar-refractivity contribution in [3.8, 4) is 0 Å². The summed E-state index contributed by atoms with van der Waals surface area (Å²) < 4.78 is 0. The van der Waals surface area contributed by atoms with E-state index in [0.717, 1.165) is 19.0 Å². The fourth-order valence-electron chi connectivity index (χ4n) is 2.10. The van der Waals surface area contributed by atoms with Crippen LogP contribution in [0.1, 0.15) is 39.5 Å². The molecule has 0 N–H and O–H groups in total. The number of hydrogen-bond acceptors (Lipinski definition) is 1. The Morgan fingerprint density at radius 2 is 2.07 bits per heavy atom. The number of carbonyl (C=O) groups is 1. The molecule has 1 heterocycles. The lowest BCUT2D eigenvalue weighted by Crippen LogP contribution is -2.41. The predicted octanol–water partition coefficient (Wildman–Crippen LogP) is 2.81. The van der Waals surface area contributed by atoms with E-state index in [1.165, 1.54) is 25.7 Å². The molecule has 1 unspecified atom stereocenters. The summed E-state index contributed by atoms with van der Waals surface area (Å²) in [5, 5.41) is 0. The summed E-state index contributed by atoms with van der Waals surface area (Å²) in [4.78, 5) is 13.6. The molecule has 0 spiro atoms. The summed E-state index contributed by atoms with van der Waals surface area (Å²) in [5.74, 6) is 1.11. The van der Waals surface area contributed by atoms with E-state index in [4.69, 9.17) is 0 Å². The maximum absolute atomic E-state index is 11.6. The van der Waals surface area contributed by atoms with Crippen LogP contribution in [0.2, 0.25) is 0 Å². The molecule has 3 heteroatoms. The van der Waals surface area contributed by atoms with Gasteiger partial charge in [0.05, 0.1) is 4.83 Å². The highest BCUT2D eigenvalue weighted by Gasteiger charge is 2.24. The van der Waals surface area contributed by atoms with E-state index < -0.39 is 0 Å². The van der Waals surface area contributed by atoms with Crippen molar-refractivity contribution in [1.82, 2.24) is 4.90 Å². The first kappa shape index (κ1) is 12.0. The second-order valence-electron chi connectivity index (χ2n) is 4.17. The van der Waals surface area contributed by atoms with Crippen molar-refractivity contribution in [2.75, 3.05) is 13.1 Å². The second kappa shape index (κ2) is 5.74. The molecule has 0 aliphatic carbocycles. The highest BCUT2D eigenvalue weighted by Crippen LogP contribution is 2.22. The third kappa shape index (κ3) is 3.26. The molecule has 1 atom stereocenters. The van der Waals surface area contributed by atoms with Gasteiger partial charge in [-0.1, -0.05) is 35.7 Å². The Bertz CT molecular complexity index is 186. The third-order valence-electron chi connectivity index (χ3n) is 2.96. The predicted molar refractivity (Wildman–Crippen MR) is 62.6 cm³/mol. The van der Waals surface area contributed by atoms with Crippen LogP contribution in [0, 0.1) is 5.92 Å². The van der Waals surface area contributed by atoms with Crippen LogP contribution in [-0.4, -0.2) is 28.7 Å². The first-order chi connectivity index (χ1) is 6.65. The minimum Gasteiger partial charge on any atom is -0.342 e. The van der Waals surface area contributed by atoms with Crippen LogP contribution in [0.4, 0.5) is 0 Å². The topological polar surface area (TPSA) is 20.3 Å². The summed E-state index contributed by atoms with van der Waals surface area (Å²) >= 11 is 3.33. The van der Waals surface area contributed by atoms with Crippen molar-refractivity contribution in [3.63, 3.8) is 0 Å². The summed E-state index contributed by atoms with van der Waals surface area (Å²) in [5.41, 5.74) is 0. The molecule has 0 bridgehead atoms. The van der Waals surface area contributed by atoms with Crippen LogP contribution in [-0.2, 0) is 4.79 Å². The van der Waals surface area contributed by atoms with Gasteiger partial charge in [0.2, 0.25) is 5.91 Å². The standard InChI is InChI=1S/C11H20BrNO/c1-3-4-10-5-7-13(8-6-10)11(14)9(2)12/h9-10H,3-8H2,1-2H3. The Balaban J connectivity index is 2.32. The van der Waals surface area contributed by atoms with E-state index >= 15 is 0 Å². The van der Waals surface area contributed by atoms with Crippen LogP contribution in [0.5, 0.6) is 0 Å². The van der Waals surface area contributed by atoms with Crippen molar-refractivity contribution < 1.29 is 4.79 Å². The molecule has 0 aromatic rings. The Labute approximate surface area is 95.2 Å². The van der Waals surface area contributed by atoms with E-state index in [-0.39, 0.29) is 10.7 Å². The molecule has 1 amide bonds. The van der Waals surface area contributed by atoms with Crippen molar-refractivity contribution in [2.45, 2.75) is 44.4 Å². The zero-order valence-electron chi connectivity index (χ0n) is 9.13. The zero-order valence-corrected chi connectivity index (χ0v) is 10.7. The molecule has 82 valence electrons. The lowest BCUT2D eigenvalue weighted by atomic mass is 9.92. The monoisotopic (exact) mass is 261 g/mol. The van der Waals surface area contributed by atoms with Crippen molar-refractivity contribution in [2.24, 2.45) is 5.92 Å². The minimum atomic E-state index is -0.0229. The van der Waals surface area contributed by atoms with Crippen LogP contribution < -0.4 is 0 Å². The van der Waals surface area contributed by atoms with E-state index in [0.29, 0.717) is 0 Å². The smallest absolute Gasteiger partial charge is 0.236 e. The first-order valence-electron chi connectivity index (χ1n) is 5.58. The van der Waals surface area contributed by atoms with Gasteiger partial charge >= 0.3 is 0 Å². The number of nitrogens with zero attached hydrogens (tertiary/aromatic N) is 1. The number of halogens is 1.